The van der Waals surface area contributed by atoms with Gasteiger partial charge in [-0.3, -0.25) is 0 Å². The van der Waals surface area contributed by atoms with Gasteiger partial charge in [-0.15, -0.1) is 0 Å². The van der Waals surface area contributed by atoms with Crippen LogP contribution in [0.4, 0.5) is 17.6 Å². The molecule has 2 aliphatic carbocycles. The van der Waals surface area contributed by atoms with Gasteiger partial charge in [-0.2, -0.15) is 8.78 Å². The van der Waals surface area contributed by atoms with Crippen LogP contribution < -0.4 is 0 Å². The van der Waals surface area contributed by atoms with Crippen LogP contribution in [0.2, 0.25) is 0 Å². The van der Waals surface area contributed by atoms with Crippen molar-refractivity contribution in [3.05, 3.63) is 35.4 Å². The molecule has 5 heteroatoms. The van der Waals surface area contributed by atoms with Gasteiger partial charge in [0.15, 0.2) is 6.17 Å². The van der Waals surface area contributed by atoms with Crippen LogP contribution in [0.5, 0.6) is 0 Å². The molecule has 0 amide bonds. The lowest BCUT2D eigenvalue weighted by molar-refractivity contribution is -0.291. The first kappa shape index (κ1) is 19.7. The smallest absolute Gasteiger partial charge is 0.310 e. The van der Waals surface area contributed by atoms with Crippen molar-refractivity contribution in [3.8, 4) is 0 Å². The molecule has 0 heterocycles. The Morgan fingerprint density at radius 3 is 2.08 bits per heavy atom. The fourth-order valence-corrected chi connectivity index (χ4v) is 4.19. The summed E-state index contributed by atoms with van der Waals surface area (Å²) in [4.78, 5) is 0. The molecule has 2 fully saturated rings. The maximum Gasteiger partial charge on any atom is 0.383 e. The summed E-state index contributed by atoms with van der Waals surface area (Å²) in [7, 11) is 0. The van der Waals surface area contributed by atoms with E-state index in [1.54, 1.807) is 19.1 Å². The molecule has 26 heavy (non-hydrogen) atoms. The van der Waals surface area contributed by atoms with E-state index in [1.165, 1.54) is 12.1 Å². The van der Waals surface area contributed by atoms with Gasteiger partial charge in [0.2, 0.25) is 0 Å². The second-order valence-corrected chi connectivity index (χ2v) is 8.20. The van der Waals surface area contributed by atoms with Crippen LogP contribution in [0.3, 0.4) is 0 Å². The molecule has 2 saturated carbocycles. The molecule has 0 spiro atoms. The number of halogens is 4. The lowest BCUT2D eigenvalue weighted by Gasteiger charge is -2.35. The molecular formula is C21H28F4O. The second kappa shape index (κ2) is 7.87. The number of hydrogen-bond donors (Lipinski definition) is 0. The van der Waals surface area contributed by atoms with Gasteiger partial charge < -0.3 is 4.74 Å². The van der Waals surface area contributed by atoms with Gasteiger partial charge in [-0.1, -0.05) is 51.0 Å². The minimum absolute atomic E-state index is 0.108. The first-order chi connectivity index (χ1) is 12.3. The third-order valence-corrected chi connectivity index (χ3v) is 6.14. The number of rotatable bonds is 4. The largest absolute Gasteiger partial charge is 0.383 e. The highest BCUT2D eigenvalue weighted by Gasteiger charge is 2.45. The number of hydrogen-bond acceptors (Lipinski definition) is 1. The van der Waals surface area contributed by atoms with E-state index in [0.717, 1.165) is 37.2 Å². The molecule has 146 valence electrons. The van der Waals surface area contributed by atoms with Gasteiger partial charge >= 0.3 is 6.11 Å². The van der Waals surface area contributed by atoms with Gasteiger partial charge in [0.1, 0.15) is 6.17 Å². The van der Waals surface area contributed by atoms with Crippen molar-refractivity contribution < 1.29 is 22.3 Å². The van der Waals surface area contributed by atoms with Crippen molar-refractivity contribution in [1.82, 2.24) is 0 Å². The number of benzene rings is 1. The maximum atomic E-state index is 14.5. The van der Waals surface area contributed by atoms with Gasteiger partial charge in [0, 0.05) is 0 Å². The lowest BCUT2D eigenvalue weighted by atomic mass is 9.79. The molecule has 1 aromatic rings. The van der Waals surface area contributed by atoms with Crippen LogP contribution in [0, 0.1) is 11.8 Å². The third-order valence-electron chi connectivity index (χ3n) is 6.14. The predicted molar refractivity (Wildman–Crippen MR) is 93.8 cm³/mol. The Morgan fingerprint density at radius 1 is 0.846 bits per heavy atom. The molecule has 0 aromatic heterocycles. The van der Waals surface area contributed by atoms with E-state index < -0.39 is 30.5 Å². The topological polar surface area (TPSA) is 9.23 Å². The Bertz CT molecular complexity index is 580. The fourth-order valence-electron chi connectivity index (χ4n) is 4.19. The lowest BCUT2D eigenvalue weighted by Crippen LogP contribution is -2.44. The van der Waals surface area contributed by atoms with Crippen molar-refractivity contribution in [2.75, 3.05) is 0 Å². The van der Waals surface area contributed by atoms with Crippen LogP contribution >= 0.6 is 0 Å². The van der Waals surface area contributed by atoms with Crippen LogP contribution in [0.1, 0.15) is 69.4 Å². The Labute approximate surface area is 153 Å². The van der Waals surface area contributed by atoms with E-state index >= 15 is 0 Å². The van der Waals surface area contributed by atoms with Gasteiger partial charge in [-0.05, 0) is 49.0 Å². The Balaban J connectivity index is 1.65. The molecule has 0 aliphatic heterocycles. The molecule has 0 bridgehead atoms. The van der Waals surface area contributed by atoms with E-state index in [4.69, 9.17) is 4.74 Å². The van der Waals surface area contributed by atoms with Crippen molar-refractivity contribution in [1.29, 1.82) is 0 Å². The standard InChI is InChI=1S/C21H28F4O/c1-13-3-6-15(7-4-13)16-8-10-17(11-9-16)21(24,25)26-18-12-5-14(2)19(22)20(18)23/h8-11,13-15,18-20H,3-7,12H2,1-2H3/t13?,14-,15?,18?,19?,20?/m1/s1. The number of ether oxygens (including phenoxy) is 1. The molecule has 2 aliphatic rings. The zero-order valence-electron chi connectivity index (χ0n) is 15.4. The fraction of sp³-hybridized carbons (Fsp3) is 0.714. The molecule has 4 atom stereocenters. The van der Waals surface area contributed by atoms with E-state index in [0.29, 0.717) is 12.3 Å². The summed E-state index contributed by atoms with van der Waals surface area (Å²) in [6.07, 6.45) is -3.84. The van der Waals surface area contributed by atoms with Gasteiger partial charge in [0.25, 0.3) is 0 Å². The predicted octanol–water partition coefficient (Wildman–Crippen LogP) is 6.52. The van der Waals surface area contributed by atoms with Crippen LogP contribution in [0.25, 0.3) is 0 Å². The van der Waals surface area contributed by atoms with Crippen molar-refractivity contribution in [3.63, 3.8) is 0 Å². The highest BCUT2D eigenvalue weighted by Crippen LogP contribution is 2.40. The Kier molecular flexibility index (Phi) is 5.95. The highest BCUT2D eigenvalue weighted by atomic mass is 19.3. The average molecular weight is 372 g/mol. The Hall–Kier alpha value is -1.10. The first-order valence-electron chi connectivity index (χ1n) is 9.72. The quantitative estimate of drug-likeness (QED) is 0.547. The Morgan fingerprint density at radius 2 is 1.46 bits per heavy atom. The number of alkyl halides is 4. The third kappa shape index (κ3) is 4.24. The molecule has 0 saturated heterocycles. The SMILES string of the molecule is CC1CCC(c2ccc(C(F)(F)OC3CC[C@@H](C)C(F)C3F)cc2)CC1. The van der Waals surface area contributed by atoms with Crippen LogP contribution in [0.15, 0.2) is 24.3 Å². The van der Waals surface area contributed by atoms with Crippen molar-refractivity contribution >= 4 is 0 Å². The second-order valence-electron chi connectivity index (χ2n) is 8.20. The summed E-state index contributed by atoms with van der Waals surface area (Å²) in [5.74, 6) is 0.683. The molecule has 3 unspecified atom stereocenters. The van der Waals surface area contributed by atoms with Crippen LogP contribution in [-0.4, -0.2) is 18.4 Å². The molecular weight excluding hydrogens is 344 g/mol. The molecule has 3 rings (SSSR count). The van der Waals surface area contributed by atoms with Crippen LogP contribution in [-0.2, 0) is 10.8 Å². The van der Waals surface area contributed by atoms with E-state index in [9.17, 15) is 17.6 Å². The van der Waals surface area contributed by atoms with E-state index in [-0.39, 0.29) is 12.0 Å². The summed E-state index contributed by atoms with van der Waals surface area (Å²) >= 11 is 0. The highest BCUT2D eigenvalue weighted by molar-refractivity contribution is 5.27. The normalized spacial score (nSPS) is 36.1. The molecule has 1 nitrogen and oxygen atoms in total. The zero-order chi connectivity index (χ0) is 18.9. The monoisotopic (exact) mass is 372 g/mol. The summed E-state index contributed by atoms with van der Waals surface area (Å²) in [5, 5.41) is 0. The summed E-state index contributed by atoms with van der Waals surface area (Å²) in [6.45, 7) is 3.83. The van der Waals surface area contributed by atoms with E-state index in [1.807, 2.05) is 0 Å². The summed E-state index contributed by atoms with van der Waals surface area (Å²) in [6, 6.07) is 6.17. The van der Waals surface area contributed by atoms with Crippen molar-refractivity contribution in [2.24, 2.45) is 11.8 Å². The summed E-state index contributed by atoms with van der Waals surface area (Å²) in [5.41, 5.74) is 0.766. The average Bonchev–Trinajstić information content (AvgIpc) is 2.63. The molecule has 1 aromatic carbocycles. The molecule has 0 radical (unpaired) electrons. The molecule has 0 N–H and O–H groups in total. The maximum absolute atomic E-state index is 14.5. The first-order valence-corrected chi connectivity index (χ1v) is 9.72. The minimum Gasteiger partial charge on any atom is -0.310 e. The zero-order valence-corrected chi connectivity index (χ0v) is 15.4. The van der Waals surface area contributed by atoms with Crippen molar-refractivity contribution in [2.45, 2.75) is 82.8 Å². The minimum atomic E-state index is -3.62. The van der Waals surface area contributed by atoms with E-state index in [2.05, 4.69) is 6.92 Å². The van der Waals surface area contributed by atoms with Gasteiger partial charge in [-0.25, -0.2) is 8.78 Å². The van der Waals surface area contributed by atoms with Gasteiger partial charge in [0.05, 0.1) is 11.7 Å². The summed E-state index contributed by atoms with van der Waals surface area (Å²) < 4.78 is 61.5.